The van der Waals surface area contributed by atoms with Gasteiger partial charge in [-0.1, -0.05) is 156 Å². The van der Waals surface area contributed by atoms with Crippen LogP contribution >= 0.6 is 0 Å². The van der Waals surface area contributed by atoms with Gasteiger partial charge in [0.25, 0.3) is 0 Å². The van der Waals surface area contributed by atoms with Crippen molar-refractivity contribution in [1.82, 2.24) is 30.6 Å². The maximum atomic E-state index is 13.9. The molecule has 10 rings (SSSR count). The number of carbonyl (C=O) groups is 1. The molecule has 2 saturated carbocycles. The van der Waals surface area contributed by atoms with Crippen molar-refractivity contribution >= 4 is 5.97 Å². The molecule has 0 radical (unpaired) electrons. The van der Waals surface area contributed by atoms with E-state index in [1.165, 1.54) is 61.6 Å². The average Bonchev–Trinajstić information content (AvgIpc) is 4.02. The van der Waals surface area contributed by atoms with Gasteiger partial charge in [0.05, 0.1) is 0 Å². The second kappa shape index (κ2) is 19.3. The van der Waals surface area contributed by atoms with Crippen molar-refractivity contribution in [3.63, 3.8) is 0 Å². The van der Waals surface area contributed by atoms with Gasteiger partial charge >= 0.3 is 11.8 Å². The molecule has 4 aromatic carbocycles. The summed E-state index contributed by atoms with van der Waals surface area (Å²) in [5.41, 5.74) is 13.6. The third-order valence-corrected chi connectivity index (χ3v) is 16.1. The lowest BCUT2D eigenvalue weighted by Gasteiger charge is -2.59. The lowest BCUT2D eigenvalue weighted by atomic mass is 9.44. The summed E-state index contributed by atoms with van der Waals surface area (Å²) in [6.07, 6.45) is 13.4. The van der Waals surface area contributed by atoms with Gasteiger partial charge in [0.2, 0.25) is 0 Å². The smallest absolute Gasteiger partial charge is 0.453 e. The summed E-state index contributed by atoms with van der Waals surface area (Å²) >= 11 is 0. The van der Waals surface area contributed by atoms with Crippen molar-refractivity contribution in [3.8, 4) is 11.1 Å². The summed E-state index contributed by atoms with van der Waals surface area (Å²) in [6.45, 7) is 9.56. The Hall–Kier alpha value is -5.63. The minimum atomic E-state index is -1.43. The van der Waals surface area contributed by atoms with E-state index in [4.69, 9.17) is 18.6 Å². The van der Waals surface area contributed by atoms with Crippen LogP contribution in [0.4, 0.5) is 0 Å². The van der Waals surface area contributed by atoms with Gasteiger partial charge in [-0.15, -0.1) is 0 Å². The number of aliphatic hydroxyl groups is 1. The Morgan fingerprint density at radius 2 is 1.55 bits per heavy atom. The minimum absolute atomic E-state index is 0.0880. The summed E-state index contributed by atoms with van der Waals surface area (Å²) in [7, 11) is 0. The predicted octanol–water partition coefficient (Wildman–Crippen LogP) is 10.8. The van der Waals surface area contributed by atoms with Crippen molar-refractivity contribution < 1.29 is 23.5 Å². The quantitative estimate of drug-likeness (QED) is 0.101. The van der Waals surface area contributed by atoms with E-state index in [1.54, 1.807) is 20.8 Å². The number of carbonyl (C=O) groups excluding carboxylic acids is 1. The Balaban J connectivity index is 0.984. The normalized spacial score (nSPS) is 24.1. The van der Waals surface area contributed by atoms with Crippen LogP contribution in [-0.4, -0.2) is 42.8 Å². The fourth-order valence-electron chi connectivity index (χ4n) is 12.8. The van der Waals surface area contributed by atoms with Gasteiger partial charge in [-0.2, -0.15) is 10.7 Å². The molecule has 2 aromatic heterocycles. The molecule has 2 aliphatic heterocycles. The molecule has 12 heteroatoms. The predicted molar refractivity (Wildman–Crippen MR) is 265 cm³/mol. The maximum absolute atomic E-state index is 13.9. The molecule has 12 nitrogen and oxygen atoms in total. The molecule has 0 bridgehead atoms. The number of imidazole rings is 1. The van der Waals surface area contributed by atoms with Gasteiger partial charge < -0.3 is 23.2 Å². The highest BCUT2D eigenvalue weighted by molar-refractivity contribution is 5.89. The van der Waals surface area contributed by atoms with Gasteiger partial charge in [-0.3, -0.25) is 0 Å². The highest BCUT2D eigenvalue weighted by Gasteiger charge is 2.67. The number of aryl methyl sites for hydroxylation is 2. The van der Waals surface area contributed by atoms with Crippen LogP contribution < -0.4 is 16.8 Å². The van der Waals surface area contributed by atoms with Crippen molar-refractivity contribution in [1.29, 1.82) is 0 Å². The molecule has 4 aliphatic rings. The zero-order chi connectivity index (χ0) is 47.9. The summed E-state index contributed by atoms with van der Waals surface area (Å²) in [6, 6.07) is 41.2. The molecular formula is C57H68N6O6. The third kappa shape index (κ3) is 8.52. The molecule has 3 N–H and O–H groups in total. The zero-order valence-corrected chi connectivity index (χ0v) is 40.9. The van der Waals surface area contributed by atoms with Gasteiger partial charge in [0, 0.05) is 30.5 Å². The number of rotatable bonds is 12. The van der Waals surface area contributed by atoms with Crippen molar-refractivity contribution in [2.45, 2.75) is 154 Å². The van der Waals surface area contributed by atoms with Gasteiger partial charge in [-0.25, -0.2) is 25.0 Å². The molecule has 6 aromatic rings. The summed E-state index contributed by atoms with van der Waals surface area (Å²) in [5.74, 6) is -0.0758. The Morgan fingerprint density at radius 1 is 0.855 bits per heavy atom. The Labute approximate surface area is 406 Å². The van der Waals surface area contributed by atoms with E-state index < -0.39 is 17.4 Å². The van der Waals surface area contributed by atoms with Crippen molar-refractivity contribution in [2.24, 2.45) is 11.3 Å². The number of fused-ring (bicyclic) bond motifs is 5. The Bertz CT molecular complexity index is 2750. The SMILES string of the molecule is CCCc1nc(C(C)(C)O)c(C(=O)OCc2oc(=O)oc2C)n1Cc1ccc(-c2cccc(C3NNN4C5CCC5C(c5ccccc5)(c5ccccc5)C5(C)CCCCCCCCC5N34)c2)cc1. The van der Waals surface area contributed by atoms with Crippen LogP contribution in [0.3, 0.4) is 0 Å². The monoisotopic (exact) mass is 933 g/mol. The van der Waals surface area contributed by atoms with Crippen LogP contribution in [0.1, 0.15) is 160 Å². The standard InChI is InChI=1S/C57H68N6O6/c1-6-20-49-58-51(55(3,4)66)50(53(64)67-37-47-38(2)68-54(65)69-47)61(49)36-39-28-30-40(31-29-39)41-21-19-22-42(35-41)52-59-60-63-46-33-32-45(46)57(43-23-13-11-14-24-43,44-25-15-12-16-26-44)56(5)34-18-10-8-7-9-17-27-48(56)62(52)63/h11-16,19,21-26,28-31,35,45-46,48,52,59-60,66H,6-10,17-18,20,27,32-34,36-37H2,1-5H3. The number of nitrogens with one attached hydrogen (secondary N) is 2. The van der Waals surface area contributed by atoms with E-state index in [0.717, 1.165) is 42.4 Å². The topological polar surface area (TPSA) is 138 Å². The Morgan fingerprint density at radius 3 is 2.19 bits per heavy atom. The van der Waals surface area contributed by atoms with E-state index in [-0.39, 0.29) is 52.6 Å². The van der Waals surface area contributed by atoms with Crippen molar-refractivity contribution in [3.05, 3.63) is 171 Å². The lowest BCUT2D eigenvalue weighted by Crippen LogP contribution is -2.61. The molecule has 0 spiro atoms. The molecule has 69 heavy (non-hydrogen) atoms. The summed E-state index contributed by atoms with van der Waals surface area (Å²) < 4.78 is 17.6. The fraction of sp³-hybridized carbons (Fsp3) is 0.456. The van der Waals surface area contributed by atoms with Gasteiger partial charge in [0.1, 0.15) is 23.3 Å². The van der Waals surface area contributed by atoms with Gasteiger partial charge in [-0.05, 0) is 104 Å². The summed E-state index contributed by atoms with van der Waals surface area (Å²) in [5, 5.41) is 16.5. The molecule has 362 valence electrons. The highest BCUT2D eigenvalue weighted by atomic mass is 16.6. The molecule has 2 aliphatic carbocycles. The number of benzene rings is 4. The van der Waals surface area contributed by atoms with E-state index in [9.17, 15) is 14.7 Å². The number of hydrogen-bond acceptors (Lipinski definition) is 11. The number of aromatic nitrogens is 2. The molecule has 4 fully saturated rings. The van der Waals surface area contributed by atoms with E-state index in [0.29, 0.717) is 30.7 Å². The largest absolute Gasteiger partial charge is 0.519 e. The first-order chi connectivity index (χ1) is 33.4. The molecular weight excluding hydrogens is 865 g/mol. The first kappa shape index (κ1) is 47.1. The molecule has 5 atom stereocenters. The second-order valence-electron chi connectivity index (χ2n) is 20.7. The number of ether oxygens (including phenoxy) is 1. The van der Waals surface area contributed by atoms with Crippen LogP contribution in [0.15, 0.2) is 123 Å². The van der Waals surface area contributed by atoms with E-state index in [1.807, 2.05) is 4.57 Å². The number of hydrazine groups is 3. The van der Waals surface area contributed by atoms with E-state index >= 15 is 0 Å². The van der Waals surface area contributed by atoms with Crippen molar-refractivity contribution in [2.75, 3.05) is 0 Å². The summed E-state index contributed by atoms with van der Waals surface area (Å²) in [4.78, 5) is 30.4. The number of esters is 1. The van der Waals surface area contributed by atoms with Crippen LogP contribution in [0.2, 0.25) is 0 Å². The maximum Gasteiger partial charge on any atom is 0.519 e. The third-order valence-electron chi connectivity index (χ3n) is 16.1. The van der Waals surface area contributed by atoms with Crippen LogP contribution in [-0.2, 0) is 35.3 Å². The molecule has 0 amide bonds. The zero-order valence-electron chi connectivity index (χ0n) is 40.9. The molecule has 4 heterocycles. The fourth-order valence-corrected chi connectivity index (χ4v) is 12.8. The Kier molecular flexibility index (Phi) is 13.2. The average molecular weight is 933 g/mol. The van der Waals surface area contributed by atoms with Crippen LogP contribution in [0.5, 0.6) is 0 Å². The molecule has 2 saturated heterocycles. The number of nitrogens with zero attached hydrogens (tertiary/aromatic N) is 4. The van der Waals surface area contributed by atoms with Gasteiger partial charge in [0.15, 0.2) is 23.8 Å². The molecule has 5 unspecified atom stereocenters. The lowest BCUT2D eigenvalue weighted by molar-refractivity contribution is -0.137. The minimum Gasteiger partial charge on any atom is -0.453 e. The van der Waals surface area contributed by atoms with E-state index in [2.05, 4.69) is 144 Å². The number of hydrogen-bond donors (Lipinski definition) is 3. The second-order valence-corrected chi connectivity index (χ2v) is 20.7. The first-order valence-electron chi connectivity index (χ1n) is 25.4. The van der Waals surface area contributed by atoms with Crippen LogP contribution in [0, 0.1) is 18.3 Å². The van der Waals surface area contributed by atoms with Crippen LogP contribution in [0.25, 0.3) is 11.1 Å². The highest BCUT2D eigenvalue weighted by Crippen LogP contribution is 2.66. The first-order valence-corrected chi connectivity index (χ1v) is 25.4.